The fraction of sp³-hybridized carbons (Fsp3) is 0.364. The molecular weight excluding hydrogens is 162 g/mol. The van der Waals surface area contributed by atoms with Crippen LogP contribution in [0.3, 0.4) is 0 Å². The molecule has 0 radical (unpaired) electrons. The maximum atomic E-state index is 10.9. The van der Waals surface area contributed by atoms with Gasteiger partial charge in [0.15, 0.2) is 0 Å². The van der Waals surface area contributed by atoms with Gasteiger partial charge in [-0.15, -0.1) is 0 Å². The number of rotatable bonds is 1. The Kier molecular flexibility index (Phi) is 2.05. The smallest absolute Gasteiger partial charge is 0.219 e. The molecule has 0 spiro atoms. The van der Waals surface area contributed by atoms with Crippen LogP contribution in [0.2, 0.25) is 0 Å². The van der Waals surface area contributed by atoms with Crippen LogP contribution >= 0.6 is 0 Å². The second-order valence-corrected chi connectivity index (χ2v) is 3.53. The van der Waals surface area contributed by atoms with E-state index in [1.165, 1.54) is 5.56 Å². The molecular formula is C11H13NO. The minimum atomic E-state index is 0.187. The maximum absolute atomic E-state index is 10.9. The van der Waals surface area contributed by atoms with Crippen LogP contribution in [0.25, 0.3) is 0 Å². The maximum Gasteiger partial charge on any atom is 0.219 e. The van der Waals surface area contributed by atoms with Crippen molar-refractivity contribution in [3.63, 3.8) is 0 Å². The summed E-state index contributed by atoms with van der Waals surface area (Å²) in [5.74, 6) is 0.747. The average Bonchev–Trinajstić information content (AvgIpc) is 2.02. The first-order valence-electron chi connectivity index (χ1n) is 4.58. The molecule has 1 aliphatic rings. The Balaban J connectivity index is 1.98. The second-order valence-electron chi connectivity index (χ2n) is 3.53. The predicted molar refractivity (Wildman–Crippen MR) is 51.4 cm³/mol. The molecule has 0 N–H and O–H groups in total. The van der Waals surface area contributed by atoms with Gasteiger partial charge in [0.2, 0.25) is 5.91 Å². The van der Waals surface area contributed by atoms with Crippen molar-refractivity contribution in [3.05, 3.63) is 35.9 Å². The van der Waals surface area contributed by atoms with Gasteiger partial charge in [-0.1, -0.05) is 30.3 Å². The van der Waals surface area contributed by atoms with Crippen molar-refractivity contribution in [3.8, 4) is 0 Å². The van der Waals surface area contributed by atoms with Crippen LogP contribution in [0, 0.1) is 0 Å². The first-order chi connectivity index (χ1) is 6.27. The minimum Gasteiger partial charge on any atom is -0.342 e. The lowest BCUT2D eigenvalue weighted by Crippen LogP contribution is -2.47. The van der Waals surface area contributed by atoms with E-state index in [9.17, 15) is 4.79 Å². The largest absolute Gasteiger partial charge is 0.342 e. The third-order valence-electron chi connectivity index (χ3n) is 2.60. The van der Waals surface area contributed by atoms with Gasteiger partial charge in [-0.3, -0.25) is 4.79 Å². The molecule has 2 rings (SSSR count). The molecule has 0 saturated carbocycles. The van der Waals surface area contributed by atoms with E-state index in [2.05, 4.69) is 12.1 Å². The van der Waals surface area contributed by atoms with Gasteiger partial charge in [-0.2, -0.15) is 0 Å². The van der Waals surface area contributed by atoms with E-state index < -0.39 is 0 Å². The van der Waals surface area contributed by atoms with Crippen molar-refractivity contribution in [2.45, 2.75) is 12.8 Å². The fourth-order valence-corrected chi connectivity index (χ4v) is 1.67. The minimum absolute atomic E-state index is 0.187. The van der Waals surface area contributed by atoms with Crippen molar-refractivity contribution < 1.29 is 4.79 Å². The average molecular weight is 175 g/mol. The highest BCUT2D eigenvalue weighted by atomic mass is 16.2. The normalized spacial score (nSPS) is 16.8. The van der Waals surface area contributed by atoms with Crippen molar-refractivity contribution in [2.24, 2.45) is 0 Å². The number of carbonyl (C=O) groups excluding carboxylic acids is 1. The summed E-state index contributed by atoms with van der Waals surface area (Å²) in [7, 11) is 0. The van der Waals surface area contributed by atoms with Crippen LogP contribution in [0.1, 0.15) is 18.4 Å². The third kappa shape index (κ3) is 1.57. The Morgan fingerprint density at radius 3 is 2.46 bits per heavy atom. The molecule has 0 aromatic heterocycles. The van der Waals surface area contributed by atoms with E-state index in [0.29, 0.717) is 5.92 Å². The van der Waals surface area contributed by atoms with Crippen LogP contribution in [-0.2, 0) is 4.79 Å². The topological polar surface area (TPSA) is 20.3 Å². The molecule has 1 amide bonds. The molecule has 0 bridgehead atoms. The summed E-state index contributed by atoms with van der Waals surface area (Å²) in [6.45, 7) is 3.40. The zero-order chi connectivity index (χ0) is 9.26. The van der Waals surface area contributed by atoms with E-state index in [0.717, 1.165) is 13.1 Å². The Labute approximate surface area is 78.2 Å². The number of hydrogen-bond donors (Lipinski definition) is 0. The molecule has 1 heterocycles. The molecule has 2 nitrogen and oxygen atoms in total. The van der Waals surface area contributed by atoms with Gasteiger partial charge in [-0.05, 0) is 5.56 Å². The molecule has 0 aliphatic carbocycles. The van der Waals surface area contributed by atoms with Crippen LogP contribution in [0.5, 0.6) is 0 Å². The van der Waals surface area contributed by atoms with Gasteiger partial charge in [0, 0.05) is 25.9 Å². The van der Waals surface area contributed by atoms with Crippen LogP contribution in [0.15, 0.2) is 30.3 Å². The molecule has 1 aliphatic heterocycles. The molecule has 1 fully saturated rings. The Morgan fingerprint density at radius 1 is 1.31 bits per heavy atom. The van der Waals surface area contributed by atoms with E-state index in [1.807, 2.05) is 23.1 Å². The van der Waals surface area contributed by atoms with E-state index in [-0.39, 0.29) is 5.91 Å². The van der Waals surface area contributed by atoms with Gasteiger partial charge in [-0.25, -0.2) is 0 Å². The van der Waals surface area contributed by atoms with Gasteiger partial charge in [0.05, 0.1) is 0 Å². The van der Waals surface area contributed by atoms with E-state index in [4.69, 9.17) is 0 Å². The van der Waals surface area contributed by atoms with Crippen molar-refractivity contribution >= 4 is 5.91 Å². The first-order valence-corrected chi connectivity index (χ1v) is 4.58. The second kappa shape index (κ2) is 3.21. The van der Waals surface area contributed by atoms with Crippen LogP contribution in [0.4, 0.5) is 0 Å². The van der Waals surface area contributed by atoms with E-state index >= 15 is 0 Å². The molecule has 68 valence electrons. The summed E-state index contributed by atoms with van der Waals surface area (Å²) in [6, 6.07) is 10.4. The Morgan fingerprint density at radius 2 is 1.92 bits per heavy atom. The zero-order valence-corrected chi connectivity index (χ0v) is 7.73. The Hall–Kier alpha value is -1.31. The third-order valence-corrected chi connectivity index (χ3v) is 2.60. The number of likely N-dealkylation sites (tertiary alicyclic amines) is 1. The van der Waals surface area contributed by atoms with Crippen LogP contribution < -0.4 is 0 Å². The highest BCUT2D eigenvalue weighted by Crippen LogP contribution is 2.26. The lowest BCUT2D eigenvalue weighted by molar-refractivity contribution is -0.133. The fourth-order valence-electron chi connectivity index (χ4n) is 1.67. The highest BCUT2D eigenvalue weighted by Gasteiger charge is 2.29. The lowest BCUT2D eigenvalue weighted by Gasteiger charge is -2.38. The lowest BCUT2D eigenvalue weighted by atomic mass is 9.92. The van der Waals surface area contributed by atoms with Gasteiger partial charge < -0.3 is 4.90 Å². The monoisotopic (exact) mass is 175 g/mol. The quantitative estimate of drug-likeness (QED) is 0.635. The van der Waals surface area contributed by atoms with E-state index in [1.54, 1.807) is 6.92 Å². The van der Waals surface area contributed by atoms with Crippen molar-refractivity contribution in [2.75, 3.05) is 13.1 Å². The standard InChI is InChI=1S/C11H13NO/c1-9(13)12-7-11(8-12)10-5-3-2-4-6-10/h2-6,11H,7-8H2,1H3. The summed E-state index contributed by atoms with van der Waals surface area (Å²) >= 11 is 0. The number of nitrogens with zero attached hydrogens (tertiary/aromatic N) is 1. The van der Waals surface area contributed by atoms with Crippen LogP contribution in [-0.4, -0.2) is 23.9 Å². The molecule has 0 unspecified atom stereocenters. The zero-order valence-electron chi connectivity index (χ0n) is 7.73. The molecule has 1 aromatic rings. The summed E-state index contributed by atoms with van der Waals surface area (Å²) in [6.07, 6.45) is 0. The molecule has 0 atom stereocenters. The number of carbonyl (C=O) groups is 1. The SMILES string of the molecule is CC(=O)N1CC(c2ccccc2)C1. The van der Waals surface area contributed by atoms with Crippen molar-refractivity contribution in [1.82, 2.24) is 4.90 Å². The molecule has 1 aromatic carbocycles. The first kappa shape index (κ1) is 8.30. The molecule has 13 heavy (non-hydrogen) atoms. The predicted octanol–water partition coefficient (Wildman–Crippen LogP) is 1.63. The van der Waals surface area contributed by atoms with Gasteiger partial charge >= 0.3 is 0 Å². The molecule has 1 saturated heterocycles. The summed E-state index contributed by atoms with van der Waals surface area (Å²) in [4.78, 5) is 12.8. The summed E-state index contributed by atoms with van der Waals surface area (Å²) in [5.41, 5.74) is 1.35. The van der Waals surface area contributed by atoms with Gasteiger partial charge in [0.25, 0.3) is 0 Å². The number of hydrogen-bond acceptors (Lipinski definition) is 1. The summed E-state index contributed by atoms with van der Waals surface area (Å²) in [5, 5.41) is 0. The highest BCUT2D eigenvalue weighted by molar-refractivity contribution is 5.74. The van der Waals surface area contributed by atoms with Crippen molar-refractivity contribution in [1.29, 1.82) is 0 Å². The Bertz CT molecular complexity index is 301. The molecule has 2 heteroatoms. The number of benzene rings is 1. The number of amides is 1. The summed E-state index contributed by atoms with van der Waals surface area (Å²) < 4.78 is 0. The van der Waals surface area contributed by atoms with Gasteiger partial charge in [0.1, 0.15) is 0 Å².